The van der Waals surface area contributed by atoms with Gasteiger partial charge in [0.2, 0.25) is 0 Å². The average Bonchev–Trinajstić information content (AvgIpc) is 2.97. The molecular weight excluding hydrogens is 190 g/mol. The Labute approximate surface area is 87.8 Å². The zero-order valence-corrected chi connectivity index (χ0v) is 8.88. The van der Waals surface area contributed by atoms with Crippen LogP contribution in [-0.2, 0) is 0 Å². The van der Waals surface area contributed by atoms with Gasteiger partial charge in [-0.25, -0.2) is 15.0 Å². The van der Waals surface area contributed by atoms with Gasteiger partial charge < -0.3 is 9.47 Å². The van der Waals surface area contributed by atoms with Crippen molar-refractivity contribution in [3.8, 4) is 0 Å². The van der Waals surface area contributed by atoms with E-state index in [1.807, 2.05) is 25.3 Å². The van der Waals surface area contributed by atoms with E-state index in [0.717, 1.165) is 17.0 Å². The number of rotatable bonds is 2. The highest BCUT2D eigenvalue weighted by molar-refractivity contribution is 5.83. The van der Waals surface area contributed by atoms with Crippen molar-refractivity contribution in [2.24, 2.45) is 0 Å². The van der Waals surface area contributed by atoms with Crippen molar-refractivity contribution in [3.05, 3.63) is 12.7 Å². The summed E-state index contributed by atoms with van der Waals surface area (Å²) < 4.78 is 2.16. The molecule has 78 valence electrons. The molecule has 0 unspecified atom stereocenters. The molecule has 3 rings (SSSR count). The molecule has 0 bridgehead atoms. The Kier molecular flexibility index (Phi) is 1.68. The van der Waals surface area contributed by atoms with Crippen LogP contribution in [0.15, 0.2) is 12.7 Å². The lowest BCUT2D eigenvalue weighted by Gasteiger charge is -2.10. The summed E-state index contributed by atoms with van der Waals surface area (Å²) in [6.07, 6.45) is 5.97. The molecule has 2 aromatic rings. The van der Waals surface area contributed by atoms with Crippen LogP contribution in [0.1, 0.15) is 18.9 Å². The van der Waals surface area contributed by atoms with E-state index in [0.29, 0.717) is 6.04 Å². The Bertz CT molecular complexity index is 497. The molecule has 1 aliphatic rings. The molecule has 5 nitrogen and oxygen atoms in total. The maximum Gasteiger partial charge on any atom is 0.165 e. The van der Waals surface area contributed by atoms with Crippen molar-refractivity contribution >= 4 is 17.0 Å². The lowest BCUT2D eigenvalue weighted by atomic mass is 10.4. The molecule has 0 saturated heterocycles. The lowest BCUT2D eigenvalue weighted by Crippen LogP contribution is -2.11. The van der Waals surface area contributed by atoms with E-state index < -0.39 is 0 Å². The minimum Gasteiger partial charge on any atom is -0.361 e. The van der Waals surface area contributed by atoms with Gasteiger partial charge in [-0.1, -0.05) is 0 Å². The minimum absolute atomic E-state index is 0.611. The van der Waals surface area contributed by atoms with Gasteiger partial charge in [0.1, 0.15) is 6.33 Å². The van der Waals surface area contributed by atoms with E-state index in [1.54, 1.807) is 6.33 Å². The molecule has 5 heteroatoms. The number of imidazole rings is 1. The quantitative estimate of drug-likeness (QED) is 0.736. The maximum atomic E-state index is 4.40. The van der Waals surface area contributed by atoms with E-state index >= 15 is 0 Å². The summed E-state index contributed by atoms with van der Waals surface area (Å²) in [7, 11) is 3.94. The number of hydrogen-bond acceptors (Lipinski definition) is 4. The second kappa shape index (κ2) is 2.92. The largest absolute Gasteiger partial charge is 0.361 e. The number of fused-ring (bicyclic) bond motifs is 1. The van der Waals surface area contributed by atoms with E-state index in [9.17, 15) is 0 Å². The van der Waals surface area contributed by atoms with Gasteiger partial charge in [-0.15, -0.1) is 0 Å². The van der Waals surface area contributed by atoms with Gasteiger partial charge in [0, 0.05) is 20.1 Å². The summed E-state index contributed by atoms with van der Waals surface area (Å²) in [5.74, 6) is 0.888. The fraction of sp³-hybridized carbons (Fsp3) is 0.500. The third-order valence-electron chi connectivity index (χ3n) is 2.70. The van der Waals surface area contributed by atoms with Crippen LogP contribution in [0.5, 0.6) is 0 Å². The second-order valence-corrected chi connectivity index (χ2v) is 4.15. The fourth-order valence-electron chi connectivity index (χ4n) is 1.79. The van der Waals surface area contributed by atoms with Gasteiger partial charge in [-0.3, -0.25) is 0 Å². The van der Waals surface area contributed by atoms with Crippen LogP contribution >= 0.6 is 0 Å². The Morgan fingerprint density at radius 3 is 2.73 bits per heavy atom. The predicted molar refractivity (Wildman–Crippen MR) is 57.9 cm³/mol. The first-order valence-corrected chi connectivity index (χ1v) is 5.12. The molecule has 2 aromatic heterocycles. The number of aromatic nitrogens is 4. The molecule has 0 amide bonds. The van der Waals surface area contributed by atoms with Crippen LogP contribution in [-0.4, -0.2) is 33.6 Å². The zero-order chi connectivity index (χ0) is 10.4. The summed E-state index contributed by atoms with van der Waals surface area (Å²) in [5, 5.41) is 0. The summed E-state index contributed by atoms with van der Waals surface area (Å²) in [4.78, 5) is 14.9. The predicted octanol–water partition coefficient (Wildman–Crippen LogP) is 1.23. The number of hydrogen-bond donors (Lipinski definition) is 0. The van der Waals surface area contributed by atoms with Crippen molar-refractivity contribution in [2.45, 2.75) is 18.9 Å². The summed E-state index contributed by atoms with van der Waals surface area (Å²) in [6, 6.07) is 0.611. The Morgan fingerprint density at radius 2 is 2.07 bits per heavy atom. The highest BCUT2D eigenvalue weighted by Crippen LogP contribution is 2.37. The highest BCUT2D eigenvalue weighted by Gasteiger charge is 2.26. The van der Waals surface area contributed by atoms with Crippen molar-refractivity contribution in [1.29, 1.82) is 0 Å². The fourth-order valence-corrected chi connectivity index (χ4v) is 1.79. The minimum atomic E-state index is 0.611. The summed E-state index contributed by atoms with van der Waals surface area (Å²) in [6.45, 7) is 0. The molecule has 1 aliphatic carbocycles. The van der Waals surface area contributed by atoms with E-state index in [-0.39, 0.29) is 0 Å². The molecule has 1 saturated carbocycles. The first-order chi connectivity index (χ1) is 7.27. The Morgan fingerprint density at radius 1 is 1.27 bits per heavy atom. The standard InChI is InChI=1S/C10H13N5/c1-14(2)9-8-10(12-5-11-9)15(6-13-8)7-3-4-7/h5-7H,3-4H2,1-2H3. The Balaban J connectivity index is 2.23. The van der Waals surface area contributed by atoms with Gasteiger partial charge in [-0.05, 0) is 12.8 Å². The Hall–Kier alpha value is -1.65. The summed E-state index contributed by atoms with van der Waals surface area (Å²) >= 11 is 0. The number of nitrogens with zero attached hydrogens (tertiary/aromatic N) is 5. The van der Waals surface area contributed by atoms with Crippen LogP contribution in [0.25, 0.3) is 11.2 Å². The monoisotopic (exact) mass is 203 g/mol. The average molecular weight is 203 g/mol. The normalized spacial score (nSPS) is 15.9. The lowest BCUT2D eigenvalue weighted by molar-refractivity contribution is 0.756. The molecule has 0 aromatic carbocycles. The van der Waals surface area contributed by atoms with Gasteiger partial charge in [0.25, 0.3) is 0 Å². The molecule has 0 aliphatic heterocycles. The first-order valence-electron chi connectivity index (χ1n) is 5.12. The van der Waals surface area contributed by atoms with Gasteiger partial charge in [0.05, 0.1) is 6.33 Å². The molecule has 2 heterocycles. The molecule has 0 spiro atoms. The topological polar surface area (TPSA) is 46.8 Å². The summed E-state index contributed by atoms with van der Waals surface area (Å²) in [5.41, 5.74) is 1.85. The van der Waals surface area contributed by atoms with E-state index in [1.165, 1.54) is 12.8 Å². The first kappa shape index (κ1) is 8.64. The highest BCUT2D eigenvalue weighted by atomic mass is 15.2. The zero-order valence-electron chi connectivity index (χ0n) is 8.88. The number of anilines is 1. The smallest absolute Gasteiger partial charge is 0.165 e. The molecule has 15 heavy (non-hydrogen) atoms. The molecule has 0 radical (unpaired) electrons. The molecular formula is C10H13N5. The van der Waals surface area contributed by atoms with Crippen LogP contribution in [0.2, 0.25) is 0 Å². The third kappa shape index (κ3) is 1.26. The van der Waals surface area contributed by atoms with Gasteiger partial charge in [0.15, 0.2) is 17.0 Å². The van der Waals surface area contributed by atoms with Gasteiger partial charge >= 0.3 is 0 Å². The van der Waals surface area contributed by atoms with E-state index in [4.69, 9.17) is 0 Å². The van der Waals surface area contributed by atoms with Crippen LogP contribution in [0.3, 0.4) is 0 Å². The van der Waals surface area contributed by atoms with Crippen molar-refractivity contribution < 1.29 is 0 Å². The SMILES string of the molecule is CN(C)c1ncnc2c1ncn2C1CC1. The van der Waals surface area contributed by atoms with E-state index in [2.05, 4.69) is 19.5 Å². The van der Waals surface area contributed by atoms with Gasteiger partial charge in [-0.2, -0.15) is 0 Å². The second-order valence-electron chi connectivity index (χ2n) is 4.15. The molecule has 0 atom stereocenters. The van der Waals surface area contributed by atoms with Crippen molar-refractivity contribution in [3.63, 3.8) is 0 Å². The van der Waals surface area contributed by atoms with Crippen LogP contribution in [0, 0.1) is 0 Å². The third-order valence-corrected chi connectivity index (χ3v) is 2.70. The van der Waals surface area contributed by atoms with Crippen LogP contribution < -0.4 is 4.90 Å². The van der Waals surface area contributed by atoms with Crippen molar-refractivity contribution in [1.82, 2.24) is 19.5 Å². The maximum absolute atomic E-state index is 4.40. The van der Waals surface area contributed by atoms with Crippen molar-refractivity contribution in [2.75, 3.05) is 19.0 Å². The van der Waals surface area contributed by atoms with Crippen LogP contribution in [0.4, 0.5) is 5.82 Å². The molecule has 1 fully saturated rings. The molecule has 0 N–H and O–H groups in total.